The Labute approximate surface area is 177 Å². The van der Waals surface area contributed by atoms with Crippen LogP contribution in [-0.2, 0) is 31.1 Å². The van der Waals surface area contributed by atoms with Crippen molar-refractivity contribution < 1.29 is 32.4 Å². The lowest BCUT2D eigenvalue weighted by atomic mass is 9.95. The van der Waals surface area contributed by atoms with E-state index in [0.29, 0.717) is 0 Å². The molecule has 0 spiro atoms. The summed E-state index contributed by atoms with van der Waals surface area (Å²) in [5, 5.41) is 13.2. The molecule has 0 bridgehead atoms. The molecule has 0 saturated carbocycles. The topological polar surface area (TPSA) is 156 Å². The molecule has 0 aliphatic carbocycles. The van der Waals surface area contributed by atoms with Crippen LogP contribution in [0.4, 0.5) is 0 Å². The van der Waals surface area contributed by atoms with Crippen molar-refractivity contribution in [3.8, 4) is 0 Å². The van der Waals surface area contributed by atoms with E-state index in [1.165, 1.54) is 0 Å². The zero-order chi connectivity index (χ0) is 23.2. The summed E-state index contributed by atoms with van der Waals surface area (Å²) < 4.78 is 38.2. The predicted molar refractivity (Wildman–Crippen MR) is 112 cm³/mol. The highest BCUT2D eigenvalue weighted by Gasteiger charge is 2.53. The molecule has 0 aromatic heterocycles. The van der Waals surface area contributed by atoms with Gasteiger partial charge in [0.05, 0.1) is 19.0 Å². The number of ether oxygens (including phenoxy) is 1. The Hall–Kier alpha value is -1.85. The normalized spacial score (nSPS) is 15.5. The standard InChI is InChI=1S/C20H32N2O7S/c1-14(2)10-16(21)20(25,30(26,27)28)17(23)12-22-19(3,4)11-18(24)29-13-15-8-6-5-7-9-15/h5-9,14,16,22,25H,10-13,21H2,1-4H3,(H,26,27,28). The molecule has 9 nitrogen and oxygen atoms in total. The van der Waals surface area contributed by atoms with Crippen LogP contribution in [0.25, 0.3) is 0 Å². The molecule has 170 valence electrons. The zero-order valence-electron chi connectivity index (χ0n) is 17.8. The average Bonchev–Trinajstić information content (AvgIpc) is 2.62. The van der Waals surface area contributed by atoms with Crippen molar-refractivity contribution >= 4 is 21.9 Å². The molecule has 0 aliphatic rings. The number of benzene rings is 1. The summed E-state index contributed by atoms with van der Waals surface area (Å²) in [5.41, 5.74) is 5.61. The van der Waals surface area contributed by atoms with Crippen molar-refractivity contribution in [2.45, 2.75) is 63.7 Å². The van der Waals surface area contributed by atoms with Gasteiger partial charge >= 0.3 is 16.1 Å². The van der Waals surface area contributed by atoms with E-state index in [4.69, 9.17) is 10.5 Å². The van der Waals surface area contributed by atoms with Crippen molar-refractivity contribution in [3.05, 3.63) is 35.9 Å². The van der Waals surface area contributed by atoms with Gasteiger partial charge in [0.2, 0.25) is 0 Å². The highest BCUT2D eigenvalue weighted by molar-refractivity contribution is 7.88. The van der Waals surface area contributed by atoms with E-state index >= 15 is 0 Å². The van der Waals surface area contributed by atoms with Crippen molar-refractivity contribution in [1.82, 2.24) is 5.32 Å². The van der Waals surface area contributed by atoms with Gasteiger partial charge in [-0.05, 0) is 31.7 Å². The highest BCUT2D eigenvalue weighted by Crippen LogP contribution is 2.23. The second kappa shape index (κ2) is 10.5. The number of carbonyl (C=O) groups excluding carboxylic acids is 2. The van der Waals surface area contributed by atoms with Gasteiger partial charge in [0.15, 0.2) is 5.78 Å². The van der Waals surface area contributed by atoms with Crippen LogP contribution in [0.3, 0.4) is 0 Å². The Balaban J connectivity index is 2.73. The first kappa shape index (κ1) is 26.2. The van der Waals surface area contributed by atoms with Gasteiger partial charge in [0.25, 0.3) is 4.93 Å². The summed E-state index contributed by atoms with van der Waals surface area (Å²) >= 11 is 0. The molecular weight excluding hydrogens is 412 g/mol. The van der Waals surface area contributed by atoms with Gasteiger partial charge in [0, 0.05) is 5.54 Å². The Morgan fingerprint density at radius 2 is 1.77 bits per heavy atom. The molecule has 0 heterocycles. The van der Waals surface area contributed by atoms with E-state index in [1.54, 1.807) is 27.7 Å². The van der Waals surface area contributed by atoms with Crippen LogP contribution in [0.15, 0.2) is 30.3 Å². The molecule has 30 heavy (non-hydrogen) atoms. The Morgan fingerprint density at radius 1 is 1.20 bits per heavy atom. The van der Waals surface area contributed by atoms with Crippen LogP contribution in [0.1, 0.15) is 46.1 Å². The Bertz CT molecular complexity index is 825. The van der Waals surface area contributed by atoms with E-state index in [-0.39, 0.29) is 25.4 Å². The van der Waals surface area contributed by atoms with Crippen LogP contribution >= 0.6 is 0 Å². The Kier molecular flexibility index (Phi) is 9.12. The van der Waals surface area contributed by atoms with Gasteiger partial charge in [-0.3, -0.25) is 14.1 Å². The lowest BCUT2D eigenvalue weighted by Gasteiger charge is -2.32. The van der Waals surface area contributed by atoms with Crippen LogP contribution in [0.5, 0.6) is 0 Å². The Morgan fingerprint density at radius 3 is 2.27 bits per heavy atom. The molecule has 1 rings (SSSR count). The molecule has 1 aromatic rings. The number of nitrogens with two attached hydrogens (primary N) is 1. The van der Waals surface area contributed by atoms with Gasteiger partial charge in [-0.15, -0.1) is 0 Å². The van der Waals surface area contributed by atoms with Crippen LogP contribution < -0.4 is 11.1 Å². The second-order valence-corrected chi connectivity index (χ2v) is 9.96. The lowest BCUT2D eigenvalue weighted by molar-refractivity contribution is -0.146. The van der Waals surface area contributed by atoms with Gasteiger partial charge in [-0.1, -0.05) is 44.2 Å². The predicted octanol–water partition coefficient (Wildman–Crippen LogP) is 1.01. The maximum Gasteiger partial charge on any atom is 0.307 e. The first-order valence-electron chi connectivity index (χ1n) is 9.62. The fourth-order valence-corrected chi connectivity index (χ4v) is 3.71. The molecule has 0 saturated heterocycles. The summed E-state index contributed by atoms with van der Waals surface area (Å²) in [5.74, 6) is -1.85. The molecule has 5 N–H and O–H groups in total. The first-order valence-corrected chi connectivity index (χ1v) is 11.1. The quantitative estimate of drug-likeness (QED) is 0.273. The van der Waals surface area contributed by atoms with E-state index in [0.717, 1.165) is 5.56 Å². The van der Waals surface area contributed by atoms with Crippen LogP contribution in [0.2, 0.25) is 0 Å². The third-order valence-corrected chi connectivity index (χ3v) is 5.89. The minimum atomic E-state index is -5.19. The van der Waals surface area contributed by atoms with Gasteiger partial charge in [0.1, 0.15) is 6.61 Å². The minimum Gasteiger partial charge on any atom is -0.461 e. The van der Waals surface area contributed by atoms with Gasteiger partial charge in [-0.2, -0.15) is 8.42 Å². The van der Waals surface area contributed by atoms with E-state index in [9.17, 15) is 27.7 Å². The van der Waals surface area contributed by atoms with E-state index in [1.807, 2.05) is 30.3 Å². The summed E-state index contributed by atoms with van der Waals surface area (Å²) in [4.78, 5) is 21.5. The smallest absolute Gasteiger partial charge is 0.307 e. The zero-order valence-corrected chi connectivity index (χ0v) is 18.6. The number of rotatable bonds is 12. The maximum atomic E-state index is 12.5. The summed E-state index contributed by atoms with van der Waals surface area (Å²) in [6.07, 6.45) is -0.118. The number of ketones is 1. The van der Waals surface area contributed by atoms with Crippen molar-refractivity contribution in [2.75, 3.05) is 6.54 Å². The van der Waals surface area contributed by atoms with Crippen molar-refractivity contribution in [1.29, 1.82) is 0 Å². The maximum absolute atomic E-state index is 12.5. The molecule has 2 unspecified atom stereocenters. The van der Waals surface area contributed by atoms with Gasteiger partial charge < -0.3 is 20.9 Å². The molecule has 0 aliphatic heterocycles. The number of aliphatic hydroxyl groups is 1. The molecule has 0 amide bonds. The SMILES string of the molecule is CC(C)CC(N)C(O)(C(=O)CNC(C)(C)CC(=O)OCc1ccccc1)S(=O)(=O)O. The third kappa shape index (κ3) is 7.44. The molecule has 1 aromatic carbocycles. The molecule has 0 radical (unpaired) electrons. The largest absolute Gasteiger partial charge is 0.461 e. The fraction of sp³-hybridized carbons (Fsp3) is 0.600. The minimum absolute atomic E-state index is 0.00274. The fourth-order valence-electron chi connectivity index (χ4n) is 2.87. The second-order valence-electron chi connectivity index (χ2n) is 8.39. The highest BCUT2D eigenvalue weighted by atomic mass is 32.2. The van der Waals surface area contributed by atoms with Crippen molar-refractivity contribution in [3.63, 3.8) is 0 Å². The number of esters is 1. The van der Waals surface area contributed by atoms with Crippen LogP contribution in [0, 0.1) is 5.92 Å². The number of carbonyl (C=O) groups is 2. The summed E-state index contributed by atoms with van der Waals surface area (Å²) in [6, 6.07) is 7.59. The summed E-state index contributed by atoms with van der Waals surface area (Å²) in [6.45, 7) is 6.17. The number of hydrogen-bond acceptors (Lipinski definition) is 8. The molecular formula is C20H32N2O7S. The number of hydrogen-bond donors (Lipinski definition) is 4. The van der Waals surface area contributed by atoms with Crippen LogP contribution in [-0.4, -0.2) is 52.9 Å². The van der Waals surface area contributed by atoms with Gasteiger partial charge in [-0.25, -0.2) is 0 Å². The number of nitrogens with one attached hydrogen (secondary N) is 1. The third-order valence-electron chi connectivity index (χ3n) is 4.58. The summed E-state index contributed by atoms with van der Waals surface area (Å²) in [7, 11) is -5.19. The first-order chi connectivity index (χ1) is 13.7. The number of Topliss-reactive ketones (excluding diaryl/α,β-unsaturated/α-hetero) is 1. The molecule has 0 fully saturated rings. The average molecular weight is 445 g/mol. The lowest BCUT2D eigenvalue weighted by Crippen LogP contribution is -2.62. The van der Waals surface area contributed by atoms with E-state index < -0.39 is 44.9 Å². The van der Waals surface area contributed by atoms with E-state index in [2.05, 4.69) is 5.32 Å². The van der Waals surface area contributed by atoms with Crippen molar-refractivity contribution in [2.24, 2.45) is 11.7 Å². The monoisotopic (exact) mass is 444 g/mol. The molecule has 2 atom stereocenters. The molecule has 10 heteroatoms.